The van der Waals surface area contributed by atoms with Crippen LogP contribution >= 0.6 is 0 Å². The first kappa shape index (κ1) is 12.7. The molecule has 0 saturated carbocycles. The van der Waals surface area contributed by atoms with E-state index in [1.807, 2.05) is 18.2 Å². The maximum atomic E-state index is 12.0. The number of nitrogens with one attached hydrogen (secondary N) is 1. The highest BCUT2D eigenvalue weighted by Crippen LogP contribution is 2.27. The van der Waals surface area contributed by atoms with Gasteiger partial charge in [0.1, 0.15) is 30.5 Å². The topological polar surface area (TPSA) is 69.0 Å². The van der Waals surface area contributed by atoms with Gasteiger partial charge in [-0.05, 0) is 18.6 Å². The molecule has 1 aromatic heterocycles. The molecule has 1 aliphatic rings. The second kappa shape index (κ2) is 5.32. The van der Waals surface area contributed by atoms with E-state index in [4.69, 9.17) is 4.74 Å². The molecule has 3 rings (SSSR count). The number of fused-ring (bicyclic) bond motifs is 1. The van der Waals surface area contributed by atoms with Gasteiger partial charge < -0.3 is 10.1 Å². The number of ether oxygens (including phenoxy) is 1. The Morgan fingerprint density at radius 3 is 3.15 bits per heavy atom. The van der Waals surface area contributed by atoms with Crippen LogP contribution in [-0.4, -0.2) is 33.3 Å². The number of carbonyl (C=O) groups excluding carboxylic acids is 1. The molecule has 2 atom stereocenters. The van der Waals surface area contributed by atoms with E-state index >= 15 is 0 Å². The zero-order valence-electron chi connectivity index (χ0n) is 11.2. The van der Waals surface area contributed by atoms with Gasteiger partial charge in [0.25, 0.3) is 0 Å². The van der Waals surface area contributed by atoms with Gasteiger partial charge >= 0.3 is 0 Å². The fourth-order valence-corrected chi connectivity index (χ4v) is 2.27. The highest BCUT2D eigenvalue weighted by atomic mass is 16.5. The summed E-state index contributed by atoms with van der Waals surface area (Å²) in [6.07, 6.45) is 3.78. The summed E-state index contributed by atoms with van der Waals surface area (Å²) in [5.74, 6) is 0.825. The standard InChI is InChI=1S/C14H16N4O2/c1-10(18-9-15-8-17-18)14(19)16-7-12-6-11-4-2-3-5-13(11)20-12/h2-5,8-10,12H,6-7H2,1H3,(H,16,19). The monoisotopic (exact) mass is 272 g/mol. The minimum absolute atomic E-state index is 0.000651. The predicted molar refractivity (Wildman–Crippen MR) is 72.3 cm³/mol. The Balaban J connectivity index is 1.53. The zero-order chi connectivity index (χ0) is 13.9. The van der Waals surface area contributed by atoms with Crippen molar-refractivity contribution in [2.24, 2.45) is 0 Å². The molecular weight excluding hydrogens is 256 g/mol. The van der Waals surface area contributed by atoms with Crippen molar-refractivity contribution in [3.8, 4) is 5.75 Å². The molecule has 6 nitrogen and oxygen atoms in total. The zero-order valence-corrected chi connectivity index (χ0v) is 11.2. The predicted octanol–water partition coefficient (Wildman–Crippen LogP) is 0.959. The summed E-state index contributed by atoms with van der Waals surface area (Å²) in [5.41, 5.74) is 1.19. The second-order valence-electron chi connectivity index (χ2n) is 4.85. The van der Waals surface area contributed by atoms with Gasteiger partial charge in [-0.25, -0.2) is 9.67 Å². The van der Waals surface area contributed by atoms with E-state index in [0.717, 1.165) is 12.2 Å². The van der Waals surface area contributed by atoms with Crippen LogP contribution in [0.4, 0.5) is 0 Å². The summed E-state index contributed by atoms with van der Waals surface area (Å²) >= 11 is 0. The lowest BCUT2D eigenvalue weighted by atomic mass is 10.1. The highest BCUT2D eigenvalue weighted by molar-refractivity contribution is 5.79. The fraction of sp³-hybridized carbons (Fsp3) is 0.357. The first-order chi connectivity index (χ1) is 9.74. The normalized spacial score (nSPS) is 18.1. The van der Waals surface area contributed by atoms with E-state index < -0.39 is 0 Å². The molecule has 1 N–H and O–H groups in total. The van der Waals surface area contributed by atoms with Crippen molar-refractivity contribution >= 4 is 5.91 Å². The number of para-hydroxylation sites is 1. The Hall–Kier alpha value is -2.37. The van der Waals surface area contributed by atoms with Crippen molar-refractivity contribution < 1.29 is 9.53 Å². The van der Waals surface area contributed by atoms with E-state index in [2.05, 4.69) is 21.5 Å². The molecule has 0 saturated heterocycles. The minimum atomic E-state index is -0.374. The van der Waals surface area contributed by atoms with Crippen molar-refractivity contribution in [3.05, 3.63) is 42.5 Å². The summed E-state index contributed by atoms with van der Waals surface area (Å²) in [6.45, 7) is 2.28. The van der Waals surface area contributed by atoms with Crippen LogP contribution in [0.3, 0.4) is 0 Å². The molecule has 1 aromatic carbocycles. The summed E-state index contributed by atoms with van der Waals surface area (Å²) < 4.78 is 7.31. The molecule has 20 heavy (non-hydrogen) atoms. The van der Waals surface area contributed by atoms with E-state index in [9.17, 15) is 4.79 Å². The number of benzene rings is 1. The van der Waals surface area contributed by atoms with Gasteiger partial charge in [-0.1, -0.05) is 18.2 Å². The van der Waals surface area contributed by atoms with E-state index in [1.54, 1.807) is 6.92 Å². The van der Waals surface area contributed by atoms with Crippen molar-refractivity contribution in [2.45, 2.75) is 25.5 Å². The van der Waals surface area contributed by atoms with Crippen LogP contribution in [0.2, 0.25) is 0 Å². The van der Waals surface area contributed by atoms with Crippen LogP contribution in [0, 0.1) is 0 Å². The molecule has 2 unspecified atom stereocenters. The summed E-state index contributed by atoms with van der Waals surface area (Å²) in [7, 11) is 0. The number of aromatic nitrogens is 3. The number of amides is 1. The highest BCUT2D eigenvalue weighted by Gasteiger charge is 2.24. The first-order valence-electron chi connectivity index (χ1n) is 6.60. The summed E-state index contributed by atoms with van der Waals surface area (Å²) in [5, 5.41) is 6.86. The molecule has 1 aliphatic heterocycles. The Morgan fingerprint density at radius 1 is 1.55 bits per heavy atom. The number of hydrogen-bond acceptors (Lipinski definition) is 4. The number of hydrogen-bond donors (Lipinski definition) is 1. The average Bonchev–Trinajstić information content (AvgIpc) is 3.12. The third-order valence-corrected chi connectivity index (χ3v) is 3.43. The van der Waals surface area contributed by atoms with Crippen molar-refractivity contribution in [1.29, 1.82) is 0 Å². The fourth-order valence-electron chi connectivity index (χ4n) is 2.27. The molecule has 104 valence electrons. The number of rotatable bonds is 4. The van der Waals surface area contributed by atoms with Crippen LogP contribution in [0.15, 0.2) is 36.9 Å². The average molecular weight is 272 g/mol. The molecule has 2 heterocycles. The Bertz CT molecular complexity index is 572. The number of carbonyl (C=O) groups is 1. The minimum Gasteiger partial charge on any atom is -0.488 e. The maximum Gasteiger partial charge on any atom is 0.244 e. The molecule has 0 radical (unpaired) electrons. The molecular formula is C14H16N4O2. The van der Waals surface area contributed by atoms with E-state index in [-0.39, 0.29) is 18.1 Å². The molecule has 0 bridgehead atoms. The lowest BCUT2D eigenvalue weighted by molar-refractivity contribution is -0.124. The third-order valence-electron chi connectivity index (χ3n) is 3.43. The van der Waals surface area contributed by atoms with Gasteiger partial charge in [-0.15, -0.1) is 0 Å². The quantitative estimate of drug-likeness (QED) is 0.900. The van der Waals surface area contributed by atoms with Gasteiger partial charge in [-0.3, -0.25) is 4.79 Å². The smallest absolute Gasteiger partial charge is 0.244 e. The maximum absolute atomic E-state index is 12.0. The van der Waals surface area contributed by atoms with Crippen LogP contribution in [0.5, 0.6) is 5.75 Å². The molecule has 2 aromatic rings. The van der Waals surface area contributed by atoms with E-state index in [0.29, 0.717) is 6.54 Å². The molecule has 1 amide bonds. The van der Waals surface area contributed by atoms with E-state index in [1.165, 1.54) is 22.9 Å². The van der Waals surface area contributed by atoms with Crippen molar-refractivity contribution in [2.75, 3.05) is 6.54 Å². The molecule has 6 heteroatoms. The SMILES string of the molecule is CC(C(=O)NCC1Cc2ccccc2O1)n1cncn1. The third kappa shape index (κ3) is 2.49. The number of nitrogens with zero attached hydrogens (tertiary/aromatic N) is 3. The largest absolute Gasteiger partial charge is 0.488 e. The summed E-state index contributed by atoms with van der Waals surface area (Å²) in [4.78, 5) is 15.9. The molecule has 0 aliphatic carbocycles. The van der Waals surface area contributed by atoms with Gasteiger partial charge in [0.2, 0.25) is 5.91 Å². The van der Waals surface area contributed by atoms with Crippen LogP contribution in [0.1, 0.15) is 18.5 Å². The van der Waals surface area contributed by atoms with Crippen LogP contribution < -0.4 is 10.1 Å². The second-order valence-corrected chi connectivity index (χ2v) is 4.85. The Morgan fingerprint density at radius 2 is 2.40 bits per heavy atom. The van der Waals surface area contributed by atoms with Crippen molar-refractivity contribution in [1.82, 2.24) is 20.1 Å². The van der Waals surface area contributed by atoms with Gasteiger partial charge in [0.05, 0.1) is 6.54 Å². The molecule has 0 fully saturated rings. The summed E-state index contributed by atoms with van der Waals surface area (Å²) in [6, 6.07) is 7.58. The van der Waals surface area contributed by atoms with Crippen LogP contribution in [0.25, 0.3) is 0 Å². The van der Waals surface area contributed by atoms with Gasteiger partial charge in [-0.2, -0.15) is 5.10 Å². The van der Waals surface area contributed by atoms with Gasteiger partial charge in [0, 0.05) is 6.42 Å². The lowest BCUT2D eigenvalue weighted by Gasteiger charge is -2.15. The van der Waals surface area contributed by atoms with Gasteiger partial charge in [0.15, 0.2) is 0 Å². The first-order valence-corrected chi connectivity index (χ1v) is 6.60. The lowest BCUT2D eigenvalue weighted by Crippen LogP contribution is -2.38. The Kier molecular flexibility index (Phi) is 3.37. The van der Waals surface area contributed by atoms with Crippen molar-refractivity contribution in [3.63, 3.8) is 0 Å². The van der Waals surface area contributed by atoms with Crippen LogP contribution in [-0.2, 0) is 11.2 Å². The Labute approximate surface area is 116 Å². The molecule has 0 spiro atoms.